The summed E-state index contributed by atoms with van der Waals surface area (Å²) >= 11 is 0. The van der Waals surface area contributed by atoms with Crippen molar-refractivity contribution in [3.05, 3.63) is 50.3 Å². The fourth-order valence-corrected chi connectivity index (χ4v) is 2.23. The number of carbonyl (C=O) groups is 1. The van der Waals surface area contributed by atoms with E-state index in [1.54, 1.807) is 6.92 Å². The van der Waals surface area contributed by atoms with Crippen LogP contribution in [0.5, 0.6) is 5.75 Å². The topological polar surface area (TPSA) is 142 Å². The monoisotopic (exact) mass is 363 g/mol. The average Bonchev–Trinajstić information content (AvgIpc) is 2.97. The molecule has 0 radical (unpaired) electrons. The number of rotatable bonds is 7. The number of hydrogen-bond acceptors (Lipinski definition) is 7. The molecule has 0 aliphatic rings. The van der Waals surface area contributed by atoms with Crippen LogP contribution in [0.4, 0.5) is 17.1 Å². The third-order valence-electron chi connectivity index (χ3n) is 3.60. The number of nitro groups is 2. The van der Waals surface area contributed by atoms with Gasteiger partial charge in [-0.05, 0) is 32.9 Å². The molecular formula is C15H17N5O6. The number of ether oxygens (including phenoxy) is 1. The van der Waals surface area contributed by atoms with Crippen LogP contribution >= 0.6 is 0 Å². The van der Waals surface area contributed by atoms with Gasteiger partial charge in [0.25, 0.3) is 5.69 Å². The summed E-state index contributed by atoms with van der Waals surface area (Å²) in [6, 6.07) is 3.17. The van der Waals surface area contributed by atoms with Crippen molar-refractivity contribution < 1.29 is 19.4 Å². The first-order valence-corrected chi connectivity index (χ1v) is 7.66. The molecule has 1 heterocycles. The van der Waals surface area contributed by atoms with Crippen LogP contribution in [0.3, 0.4) is 0 Å². The second kappa shape index (κ2) is 7.59. The number of aryl methyl sites for hydroxylation is 1. The molecule has 0 saturated heterocycles. The van der Waals surface area contributed by atoms with Gasteiger partial charge < -0.3 is 10.1 Å². The minimum absolute atomic E-state index is 0.00585. The van der Waals surface area contributed by atoms with E-state index < -0.39 is 21.8 Å². The summed E-state index contributed by atoms with van der Waals surface area (Å²) in [5.41, 5.74) is -0.369. The van der Waals surface area contributed by atoms with Crippen molar-refractivity contribution in [2.75, 3.05) is 11.9 Å². The zero-order valence-corrected chi connectivity index (χ0v) is 14.3. The summed E-state index contributed by atoms with van der Waals surface area (Å²) in [5.74, 6) is -0.293. The highest BCUT2D eigenvalue weighted by molar-refractivity contribution is 5.95. The molecule has 0 bridgehead atoms. The van der Waals surface area contributed by atoms with Gasteiger partial charge in [0.15, 0.2) is 0 Å². The second-order valence-electron chi connectivity index (χ2n) is 5.37. The van der Waals surface area contributed by atoms with Crippen molar-refractivity contribution in [2.45, 2.75) is 26.8 Å². The first-order chi connectivity index (χ1) is 12.2. The first-order valence-electron chi connectivity index (χ1n) is 7.66. The molecule has 0 aliphatic carbocycles. The van der Waals surface area contributed by atoms with Crippen LogP contribution in [0, 0.1) is 27.2 Å². The van der Waals surface area contributed by atoms with Gasteiger partial charge in [0.05, 0.1) is 22.5 Å². The molecule has 1 atom stereocenters. The van der Waals surface area contributed by atoms with Crippen molar-refractivity contribution in [1.82, 2.24) is 9.78 Å². The quantitative estimate of drug-likeness (QED) is 0.588. The Hall–Kier alpha value is -3.50. The molecule has 11 nitrogen and oxygen atoms in total. The molecular weight excluding hydrogens is 346 g/mol. The number of anilines is 1. The SMILES string of the molecule is CCOc1ccc(NC(=O)C(C)n2cc([N+](=O)[O-])c(C)n2)c([N+](=O)[O-])c1. The Bertz CT molecular complexity index is 862. The molecule has 2 rings (SSSR count). The maximum Gasteiger partial charge on any atom is 0.309 e. The Labute approximate surface area is 147 Å². The van der Waals surface area contributed by atoms with Gasteiger partial charge in [-0.15, -0.1) is 0 Å². The third-order valence-corrected chi connectivity index (χ3v) is 3.60. The molecule has 0 saturated carbocycles. The third kappa shape index (κ3) is 3.94. The number of carbonyl (C=O) groups excluding carboxylic acids is 1. The molecule has 11 heteroatoms. The standard InChI is InChI=1S/C15H17N5O6/c1-4-26-11-5-6-12(13(7-11)19(22)23)16-15(21)10(3)18-8-14(20(24)25)9(2)17-18/h5-8,10H,4H2,1-3H3,(H,16,21). The summed E-state index contributed by atoms with van der Waals surface area (Å²) in [4.78, 5) is 33.3. The van der Waals surface area contributed by atoms with E-state index in [-0.39, 0.29) is 22.8 Å². The minimum Gasteiger partial charge on any atom is -0.494 e. The van der Waals surface area contributed by atoms with Gasteiger partial charge in [0.1, 0.15) is 29.4 Å². The van der Waals surface area contributed by atoms with Gasteiger partial charge in [-0.1, -0.05) is 0 Å². The average molecular weight is 363 g/mol. The number of nitrogens with one attached hydrogen (secondary N) is 1. The Balaban J connectivity index is 2.24. The number of aromatic nitrogens is 2. The van der Waals surface area contributed by atoms with Gasteiger partial charge in [0.2, 0.25) is 5.91 Å². The molecule has 0 fully saturated rings. The van der Waals surface area contributed by atoms with Crippen LogP contribution in [0.1, 0.15) is 25.6 Å². The van der Waals surface area contributed by atoms with Crippen molar-refractivity contribution in [2.24, 2.45) is 0 Å². The van der Waals surface area contributed by atoms with E-state index in [1.165, 1.54) is 32.0 Å². The summed E-state index contributed by atoms with van der Waals surface area (Å²) in [7, 11) is 0. The predicted molar refractivity (Wildman–Crippen MR) is 91.2 cm³/mol. The Morgan fingerprint density at radius 3 is 2.50 bits per heavy atom. The van der Waals surface area contributed by atoms with Gasteiger partial charge in [-0.25, -0.2) is 0 Å². The highest BCUT2D eigenvalue weighted by atomic mass is 16.6. The Morgan fingerprint density at radius 1 is 1.31 bits per heavy atom. The van der Waals surface area contributed by atoms with E-state index >= 15 is 0 Å². The lowest BCUT2D eigenvalue weighted by Crippen LogP contribution is -2.24. The largest absolute Gasteiger partial charge is 0.494 e. The molecule has 0 spiro atoms. The van der Waals surface area contributed by atoms with E-state index in [2.05, 4.69) is 10.4 Å². The maximum absolute atomic E-state index is 12.4. The molecule has 1 unspecified atom stereocenters. The minimum atomic E-state index is -0.909. The smallest absolute Gasteiger partial charge is 0.309 e. The summed E-state index contributed by atoms with van der Waals surface area (Å²) < 4.78 is 6.36. The van der Waals surface area contributed by atoms with E-state index in [0.29, 0.717) is 12.4 Å². The zero-order chi connectivity index (χ0) is 19.4. The van der Waals surface area contributed by atoms with Crippen LogP contribution < -0.4 is 10.1 Å². The van der Waals surface area contributed by atoms with E-state index in [4.69, 9.17) is 4.74 Å². The fourth-order valence-electron chi connectivity index (χ4n) is 2.23. The molecule has 0 aliphatic heterocycles. The van der Waals surface area contributed by atoms with Crippen molar-refractivity contribution >= 4 is 23.0 Å². The van der Waals surface area contributed by atoms with E-state index in [1.807, 2.05) is 0 Å². The van der Waals surface area contributed by atoms with Crippen LogP contribution in [0.15, 0.2) is 24.4 Å². The lowest BCUT2D eigenvalue weighted by Gasteiger charge is -2.13. The number of hydrogen-bond donors (Lipinski definition) is 1. The van der Waals surface area contributed by atoms with Gasteiger partial charge in [0, 0.05) is 0 Å². The normalized spacial score (nSPS) is 11.7. The van der Waals surface area contributed by atoms with Crippen molar-refractivity contribution in [1.29, 1.82) is 0 Å². The number of amides is 1. The summed E-state index contributed by atoms with van der Waals surface area (Å²) in [6.07, 6.45) is 1.15. The van der Waals surface area contributed by atoms with Gasteiger partial charge in [-0.2, -0.15) is 5.10 Å². The van der Waals surface area contributed by atoms with Gasteiger partial charge >= 0.3 is 5.69 Å². The molecule has 1 aromatic heterocycles. The predicted octanol–water partition coefficient (Wildman–Crippen LogP) is 2.61. The number of nitrogens with zero attached hydrogens (tertiary/aromatic N) is 4. The summed E-state index contributed by atoms with van der Waals surface area (Å²) in [6.45, 7) is 5.02. The van der Waals surface area contributed by atoms with Crippen LogP contribution in [-0.4, -0.2) is 32.1 Å². The molecule has 26 heavy (non-hydrogen) atoms. The van der Waals surface area contributed by atoms with Crippen LogP contribution in [0.2, 0.25) is 0 Å². The molecule has 1 N–H and O–H groups in total. The molecule has 1 aromatic carbocycles. The second-order valence-corrected chi connectivity index (χ2v) is 5.37. The lowest BCUT2D eigenvalue weighted by atomic mass is 10.2. The van der Waals surface area contributed by atoms with Crippen molar-refractivity contribution in [3.8, 4) is 5.75 Å². The number of benzene rings is 1. The van der Waals surface area contributed by atoms with E-state index in [0.717, 1.165) is 10.9 Å². The summed E-state index contributed by atoms with van der Waals surface area (Å²) in [5, 5.41) is 28.5. The first kappa shape index (κ1) is 18.8. The zero-order valence-electron chi connectivity index (χ0n) is 14.3. The van der Waals surface area contributed by atoms with E-state index in [9.17, 15) is 25.0 Å². The van der Waals surface area contributed by atoms with Gasteiger partial charge in [-0.3, -0.25) is 29.7 Å². The Kier molecular flexibility index (Phi) is 5.50. The maximum atomic E-state index is 12.4. The molecule has 2 aromatic rings. The van der Waals surface area contributed by atoms with Crippen molar-refractivity contribution in [3.63, 3.8) is 0 Å². The number of nitro benzene ring substituents is 1. The lowest BCUT2D eigenvalue weighted by molar-refractivity contribution is -0.385. The van der Waals surface area contributed by atoms with Crippen LogP contribution in [0.25, 0.3) is 0 Å². The molecule has 1 amide bonds. The fraction of sp³-hybridized carbons (Fsp3) is 0.333. The Morgan fingerprint density at radius 2 is 1.96 bits per heavy atom. The highest BCUT2D eigenvalue weighted by Gasteiger charge is 2.24. The highest BCUT2D eigenvalue weighted by Crippen LogP contribution is 2.30. The van der Waals surface area contributed by atoms with Crippen LogP contribution in [-0.2, 0) is 4.79 Å². The molecule has 138 valence electrons.